The van der Waals surface area contributed by atoms with E-state index in [0.29, 0.717) is 29.4 Å². The van der Waals surface area contributed by atoms with Gasteiger partial charge in [0, 0.05) is 42.6 Å². The van der Waals surface area contributed by atoms with Crippen LogP contribution in [0.3, 0.4) is 0 Å². The molecule has 3 amide bonds. The Morgan fingerprint density at radius 3 is 2.54 bits per heavy atom. The molecule has 1 heterocycles. The van der Waals surface area contributed by atoms with Crippen LogP contribution in [0.4, 0.5) is 27.7 Å². The zero-order valence-corrected chi connectivity index (χ0v) is 21.9. The summed E-state index contributed by atoms with van der Waals surface area (Å²) in [5.74, 6) is 0.912. The number of amides is 3. The van der Waals surface area contributed by atoms with Gasteiger partial charge in [-0.25, -0.2) is 9.64 Å². The van der Waals surface area contributed by atoms with Gasteiger partial charge in [-0.15, -0.1) is 0 Å². The van der Waals surface area contributed by atoms with Gasteiger partial charge in [-0.2, -0.15) is 0 Å². The Morgan fingerprint density at radius 1 is 1.13 bits per heavy atom. The van der Waals surface area contributed by atoms with Crippen molar-refractivity contribution in [2.45, 2.75) is 44.3 Å². The first-order chi connectivity index (χ1) is 19.0. The molecule has 2 aromatic carbocycles. The summed E-state index contributed by atoms with van der Waals surface area (Å²) >= 11 is 0. The SMILES string of the molecule is [C-]#[N+]c1ccc(NC2CCC(N(C(=O)NCc3ccccc3)c3cc(NC(=O)C=C)cc(OC)c3)CC2)nc1. The van der Waals surface area contributed by atoms with Gasteiger partial charge in [0.25, 0.3) is 0 Å². The van der Waals surface area contributed by atoms with Crippen molar-refractivity contribution in [3.8, 4) is 5.75 Å². The number of nitrogens with zero attached hydrogens (tertiary/aromatic N) is 3. The lowest BCUT2D eigenvalue weighted by Gasteiger charge is -2.37. The van der Waals surface area contributed by atoms with Crippen molar-refractivity contribution in [2.75, 3.05) is 22.6 Å². The van der Waals surface area contributed by atoms with E-state index in [-0.39, 0.29) is 24.0 Å². The smallest absolute Gasteiger partial charge is 0.322 e. The van der Waals surface area contributed by atoms with E-state index in [9.17, 15) is 9.59 Å². The van der Waals surface area contributed by atoms with Gasteiger partial charge in [0.05, 0.1) is 19.4 Å². The third-order valence-electron chi connectivity index (χ3n) is 6.65. The van der Waals surface area contributed by atoms with E-state index in [2.05, 4.69) is 32.4 Å². The van der Waals surface area contributed by atoms with E-state index in [1.54, 1.807) is 42.5 Å². The molecule has 1 aliphatic carbocycles. The molecule has 1 fully saturated rings. The normalized spacial score (nSPS) is 16.3. The van der Waals surface area contributed by atoms with E-state index in [0.717, 1.165) is 37.1 Å². The number of urea groups is 1. The second kappa shape index (κ2) is 13.1. The number of ether oxygens (including phenoxy) is 1. The van der Waals surface area contributed by atoms with E-state index < -0.39 is 0 Å². The van der Waals surface area contributed by atoms with Gasteiger partial charge >= 0.3 is 6.03 Å². The van der Waals surface area contributed by atoms with Gasteiger partial charge in [0.15, 0.2) is 0 Å². The molecule has 3 N–H and O–H groups in total. The Morgan fingerprint density at radius 2 is 1.90 bits per heavy atom. The Bertz CT molecular complexity index is 1330. The summed E-state index contributed by atoms with van der Waals surface area (Å²) in [5.41, 5.74) is 2.65. The van der Waals surface area contributed by atoms with Crippen molar-refractivity contribution in [2.24, 2.45) is 0 Å². The van der Waals surface area contributed by atoms with Crippen LogP contribution in [0.1, 0.15) is 31.2 Å². The fourth-order valence-corrected chi connectivity index (χ4v) is 4.68. The number of benzene rings is 2. The number of methoxy groups -OCH3 is 1. The summed E-state index contributed by atoms with van der Waals surface area (Å²) in [4.78, 5) is 35.1. The Kier molecular flexibility index (Phi) is 9.14. The average molecular weight is 525 g/mol. The molecule has 1 aliphatic rings. The fourth-order valence-electron chi connectivity index (χ4n) is 4.68. The first kappa shape index (κ1) is 27.2. The summed E-state index contributed by atoms with van der Waals surface area (Å²) in [6, 6.07) is 18.5. The minimum atomic E-state index is -0.348. The van der Waals surface area contributed by atoms with Gasteiger partial charge in [0.1, 0.15) is 11.6 Å². The van der Waals surface area contributed by atoms with Crippen LogP contribution in [0.5, 0.6) is 5.75 Å². The lowest BCUT2D eigenvalue weighted by atomic mass is 9.89. The molecule has 200 valence electrons. The van der Waals surface area contributed by atoms with Crippen LogP contribution in [0.2, 0.25) is 0 Å². The summed E-state index contributed by atoms with van der Waals surface area (Å²) in [5, 5.41) is 9.28. The van der Waals surface area contributed by atoms with Crippen LogP contribution in [0, 0.1) is 6.57 Å². The van der Waals surface area contributed by atoms with Gasteiger partial charge in [0.2, 0.25) is 11.6 Å². The molecule has 0 bridgehead atoms. The van der Waals surface area contributed by atoms with E-state index in [1.165, 1.54) is 6.08 Å². The number of rotatable bonds is 9. The van der Waals surface area contributed by atoms with Gasteiger partial charge in [-0.3, -0.25) is 14.7 Å². The maximum Gasteiger partial charge on any atom is 0.322 e. The third-order valence-corrected chi connectivity index (χ3v) is 6.65. The van der Waals surface area contributed by atoms with Crippen molar-refractivity contribution in [3.63, 3.8) is 0 Å². The predicted octanol–water partition coefficient (Wildman–Crippen LogP) is 5.90. The van der Waals surface area contributed by atoms with Crippen LogP contribution in [0.25, 0.3) is 4.85 Å². The molecule has 3 aromatic rings. The molecule has 9 nitrogen and oxygen atoms in total. The standard InChI is InChI=1S/C30H32N6O3/c1-4-29(37)35-24-16-26(18-27(17-24)39-3)36(30(38)33-19-21-8-6-5-7-9-21)25-13-10-22(11-14-25)34-28-15-12-23(31-2)20-32-28/h4-9,12,15-18,20,22,25H,1,10-11,13-14,19H2,3H3,(H,32,34)(H,33,38)(H,35,37). The highest BCUT2D eigenvalue weighted by Crippen LogP contribution is 2.33. The molecular weight excluding hydrogens is 492 g/mol. The zero-order valence-electron chi connectivity index (χ0n) is 21.9. The molecule has 0 atom stereocenters. The summed E-state index contributed by atoms with van der Waals surface area (Å²) < 4.78 is 5.49. The summed E-state index contributed by atoms with van der Waals surface area (Å²) in [6.07, 6.45) is 5.96. The molecule has 4 rings (SSSR count). The highest BCUT2D eigenvalue weighted by molar-refractivity contribution is 6.00. The first-order valence-corrected chi connectivity index (χ1v) is 12.8. The largest absolute Gasteiger partial charge is 0.497 e. The van der Waals surface area contributed by atoms with Crippen molar-refractivity contribution in [1.82, 2.24) is 10.3 Å². The molecular formula is C30H32N6O3. The van der Waals surface area contributed by atoms with Crippen LogP contribution in [-0.4, -0.2) is 36.1 Å². The quantitative estimate of drug-likeness (QED) is 0.239. The van der Waals surface area contributed by atoms with Crippen LogP contribution in [-0.2, 0) is 11.3 Å². The molecule has 1 saturated carbocycles. The highest BCUT2D eigenvalue weighted by atomic mass is 16.5. The van der Waals surface area contributed by atoms with Gasteiger partial charge in [-0.05, 0) is 49.5 Å². The van der Waals surface area contributed by atoms with Gasteiger partial charge in [-0.1, -0.05) is 43.0 Å². The van der Waals surface area contributed by atoms with Crippen molar-refractivity contribution in [1.29, 1.82) is 0 Å². The summed E-state index contributed by atoms with van der Waals surface area (Å²) in [6.45, 7) is 11.0. The molecule has 9 heteroatoms. The number of hydrogen-bond acceptors (Lipinski definition) is 5. The van der Waals surface area contributed by atoms with Gasteiger partial charge < -0.3 is 20.7 Å². The number of anilines is 3. The summed E-state index contributed by atoms with van der Waals surface area (Å²) in [7, 11) is 1.55. The number of carbonyl (C=O) groups is 2. The van der Waals surface area contributed by atoms with Crippen LogP contribution >= 0.6 is 0 Å². The Hall–Kier alpha value is -4.84. The van der Waals surface area contributed by atoms with E-state index in [4.69, 9.17) is 11.3 Å². The molecule has 0 radical (unpaired) electrons. The molecule has 0 unspecified atom stereocenters. The number of carbonyl (C=O) groups excluding carboxylic acids is 2. The number of hydrogen-bond donors (Lipinski definition) is 3. The van der Waals surface area contributed by atoms with Crippen molar-refractivity contribution >= 4 is 34.8 Å². The second-order valence-corrected chi connectivity index (χ2v) is 9.29. The van der Waals surface area contributed by atoms with Crippen molar-refractivity contribution < 1.29 is 14.3 Å². The predicted molar refractivity (Wildman–Crippen MR) is 153 cm³/mol. The molecule has 39 heavy (non-hydrogen) atoms. The Balaban J connectivity index is 1.53. The zero-order chi connectivity index (χ0) is 27.6. The topological polar surface area (TPSA) is 100.0 Å². The Labute approximate surface area is 228 Å². The molecule has 0 saturated heterocycles. The van der Waals surface area contributed by atoms with E-state index in [1.807, 2.05) is 36.4 Å². The van der Waals surface area contributed by atoms with Crippen LogP contribution in [0.15, 0.2) is 79.5 Å². The number of aromatic nitrogens is 1. The molecule has 0 aliphatic heterocycles. The maximum absolute atomic E-state index is 13.7. The lowest BCUT2D eigenvalue weighted by Crippen LogP contribution is -2.48. The monoisotopic (exact) mass is 524 g/mol. The second-order valence-electron chi connectivity index (χ2n) is 9.29. The highest BCUT2D eigenvalue weighted by Gasteiger charge is 2.31. The average Bonchev–Trinajstić information content (AvgIpc) is 2.98. The minimum Gasteiger partial charge on any atom is -0.497 e. The first-order valence-electron chi connectivity index (χ1n) is 12.8. The fraction of sp³-hybridized carbons (Fsp3) is 0.267. The third kappa shape index (κ3) is 7.36. The number of pyridine rings is 1. The number of nitrogens with one attached hydrogen (secondary N) is 3. The van der Waals surface area contributed by atoms with Crippen LogP contribution < -0.4 is 25.6 Å². The van der Waals surface area contributed by atoms with E-state index >= 15 is 0 Å². The molecule has 1 aromatic heterocycles. The lowest BCUT2D eigenvalue weighted by molar-refractivity contribution is -0.111. The van der Waals surface area contributed by atoms with Crippen molar-refractivity contribution in [3.05, 3.63) is 96.5 Å². The maximum atomic E-state index is 13.7. The molecule has 0 spiro atoms. The minimum absolute atomic E-state index is 0.0636.